The van der Waals surface area contributed by atoms with E-state index in [1.54, 1.807) is 23.1 Å². The number of piperazine rings is 1. The fraction of sp³-hybridized carbons (Fsp3) is 0.450. The summed E-state index contributed by atoms with van der Waals surface area (Å²) in [6.07, 6.45) is 2.17. The van der Waals surface area contributed by atoms with Crippen molar-refractivity contribution in [1.82, 2.24) is 19.9 Å². The number of halogens is 1. The molecule has 0 spiro atoms. The second-order valence-corrected chi connectivity index (χ2v) is 7.24. The molecule has 0 saturated carbocycles. The first-order chi connectivity index (χ1) is 13.6. The van der Waals surface area contributed by atoms with Gasteiger partial charge in [-0.3, -0.25) is 14.5 Å². The number of hydrogen-bond donors (Lipinski definition) is 0. The van der Waals surface area contributed by atoms with Crippen molar-refractivity contribution in [3.8, 4) is 11.3 Å². The molecule has 2 saturated heterocycles. The molecule has 1 aromatic heterocycles. The first kappa shape index (κ1) is 18.6. The third-order valence-corrected chi connectivity index (χ3v) is 5.32. The maximum Gasteiger partial charge on any atom is 0.292 e. The van der Waals surface area contributed by atoms with E-state index in [4.69, 9.17) is 4.52 Å². The van der Waals surface area contributed by atoms with Crippen LogP contribution < -0.4 is 0 Å². The molecule has 0 radical (unpaired) electrons. The van der Waals surface area contributed by atoms with Crippen LogP contribution in [0.25, 0.3) is 11.3 Å². The fourth-order valence-electron chi connectivity index (χ4n) is 3.68. The molecule has 3 heterocycles. The lowest BCUT2D eigenvalue weighted by atomic mass is 10.1. The summed E-state index contributed by atoms with van der Waals surface area (Å²) in [5.74, 6) is -0.290. The molecule has 2 fully saturated rings. The number of rotatable bonds is 4. The van der Waals surface area contributed by atoms with Gasteiger partial charge in [0, 0.05) is 50.9 Å². The second-order valence-electron chi connectivity index (χ2n) is 7.24. The Morgan fingerprint density at radius 3 is 2.46 bits per heavy atom. The molecule has 0 atom stereocenters. The minimum atomic E-state index is -0.368. The highest BCUT2D eigenvalue weighted by molar-refractivity contribution is 5.92. The fourth-order valence-corrected chi connectivity index (χ4v) is 3.68. The van der Waals surface area contributed by atoms with E-state index in [1.807, 2.05) is 4.90 Å². The number of aromatic nitrogens is 1. The van der Waals surface area contributed by atoms with Crippen LogP contribution >= 0.6 is 0 Å². The molecule has 28 heavy (non-hydrogen) atoms. The smallest absolute Gasteiger partial charge is 0.292 e. The minimum absolute atomic E-state index is 0.140. The van der Waals surface area contributed by atoms with Crippen molar-refractivity contribution in [3.63, 3.8) is 0 Å². The molecule has 0 N–H and O–H groups in total. The summed E-state index contributed by atoms with van der Waals surface area (Å²) in [6, 6.07) is 7.54. The van der Waals surface area contributed by atoms with Crippen molar-refractivity contribution in [2.24, 2.45) is 0 Å². The van der Waals surface area contributed by atoms with E-state index in [9.17, 15) is 14.0 Å². The zero-order valence-corrected chi connectivity index (χ0v) is 15.6. The van der Waals surface area contributed by atoms with Crippen molar-refractivity contribution in [3.05, 3.63) is 41.9 Å². The Hall–Kier alpha value is -2.74. The van der Waals surface area contributed by atoms with E-state index < -0.39 is 0 Å². The average molecular weight is 386 g/mol. The molecule has 0 bridgehead atoms. The van der Waals surface area contributed by atoms with E-state index in [1.165, 1.54) is 12.1 Å². The van der Waals surface area contributed by atoms with Crippen molar-refractivity contribution in [2.75, 3.05) is 45.8 Å². The van der Waals surface area contributed by atoms with Crippen molar-refractivity contribution in [2.45, 2.75) is 12.8 Å². The van der Waals surface area contributed by atoms with Crippen LogP contribution in [0.3, 0.4) is 0 Å². The molecule has 0 aliphatic carbocycles. The van der Waals surface area contributed by atoms with E-state index in [-0.39, 0.29) is 23.4 Å². The first-order valence-corrected chi connectivity index (χ1v) is 9.62. The Bertz CT molecular complexity index is 855. The van der Waals surface area contributed by atoms with Gasteiger partial charge in [0.25, 0.3) is 5.91 Å². The average Bonchev–Trinajstić information content (AvgIpc) is 3.40. The SMILES string of the molecule is O=C(CN1CCN(C(=O)c2cc(-c3cccc(F)c3)no2)CC1)N1CCCC1. The van der Waals surface area contributed by atoms with Gasteiger partial charge >= 0.3 is 0 Å². The van der Waals surface area contributed by atoms with Crippen LogP contribution in [-0.2, 0) is 4.79 Å². The molecule has 148 valence electrons. The quantitative estimate of drug-likeness (QED) is 0.802. The summed E-state index contributed by atoms with van der Waals surface area (Å²) in [5.41, 5.74) is 0.991. The summed E-state index contributed by atoms with van der Waals surface area (Å²) >= 11 is 0. The summed E-state index contributed by atoms with van der Waals surface area (Å²) < 4.78 is 18.6. The molecule has 0 unspecified atom stereocenters. The van der Waals surface area contributed by atoms with Gasteiger partial charge in [0.15, 0.2) is 0 Å². The van der Waals surface area contributed by atoms with E-state index in [2.05, 4.69) is 10.1 Å². The van der Waals surface area contributed by atoms with E-state index in [0.29, 0.717) is 44.0 Å². The van der Waals surface area contributed by atoms with Gasteiger partial charge in [-0.1, -0.05) is 17.3 Å². The van der Waals surface area contributed by atoms with Crippen molar-refractivity contribution >= 4 is 11.8 Å². The standard InChI is InChI=1S/C20H23FN4O3/c21-16-5-3-4-15(12-16)17-13-18(28-22-17)20(27)25-10-8-23(9-11-25)14-19(26)24-6-1-2-7-24/h3-5,12-13H,1-2,6-11,14H2. The molecule has 1 aromatic carbocycles. The van der Waals surface area contributed by atoms with Crippen LogP contribution in [0.2, 0.25) is 0 Å². The van der Waals surface area contributed by atoms with Crippen LogP contribution in [-0.4, -0.2) is 77.5 Å². The highest BCUT2D eigenvalue weighted by Gasteiger charge is 2.27. The van der Waals surface area contributed by atoms with Crippen LogP contribution in [0, 0.1) is 5.82 Å². The lowest BCUT2D eigenvalue weighted by Crippen LogP contribution is -2.51. The number of benzene rings is 1. The van der Waals surface area contributed by atoms with Gasteiger partial charge < -0.3 is 14.3 Å². The molecule has 8 heteroatoms. The Balaban J connectivity index is 1.32. The van der Waals surface area contributed by atoms with Gasteiger partial charge in [0.1, 0.15) is 11.5 Å². The normalized spacial score (nSPS) is 17.9. The number of carbonyl (C=O) groups is 2. The zero-order chi connectivity index (χ0) is 19.5. The van der Waals surface area contributed by atoms with Gasteiger partial charge in [-0.05, 0) is 25.0 Å². The molecule has 2 aliphatic heterocycles. The molecular formula is C20H23FN4O3. The van der Waals surface area contributed by atoms with Crippen LogP contribution in [0.4, 0.5) is 4.39 Å². The van der Waals surface area contributed by atoms with Crippen LogP contribution in [0.15, 0.2) is 34.9 Å². The number of likely N-dealkylation sites (tertiary alicyclic amines) is 1. The lowest BCUT2D eigenvalue weighted by molar-refractivity contribution is -0.131. The second kappa shape index (κ2) is 8.10. The monoisotopic (exact) mass is 386 g/mol. The molecule has 2 aliphatic rings. The van der Waals surface area contributed by atoms with E-state index >= 15 is 0 Å². The minimum Gasteiger partial charge on any atom is -0.350 e. The summed E-state index contributed by atoms with van der Waals surface area (Å²) in [5, 5.41) is 3.89. The highest BCUT2D eigenvalue weighted by atomic mass is 19.1. The topological polar surface area (TPSA) is 69.9 Å². The molecular weight excluding hydrogens is 363 g/mol. The van der Waals surface area contributed by atoms with Crippen LogP contribution in [0.5, 0.6) is 0 Å². The zero-order valence-electron chi connectivity index (χ0n) is 15.6. The highest BCUT2D eigenvalue weighted by Crippen LogP contribution is 2.21. The summed E-state index contributed by atoms with van der Waals surface area (Å²) in [6.45, 7) is 4.48. The molecule has 7 nitrogen and oxygen atoms in total. The Morgan fingerprint density at radius 2 is 1.75 bits per heavy atom. The number of carbonyl (C=O) groups excluding carboxylic acids is 2. The Labute approximate surface area is 162 Å². The lowest BCUT2D eigenvalue weighted by Gasteiger charge is -2.34. The van der Waals surface area contributed by atoms with Crippen molar-refractivity contribution < 1.29 is 18.5 Å². The molecule has 2 aromatic rings. The number of hydrogen-bond acceptors (Lipinski definition) is 5. The van der Waals surface area contributed by atoms with Crippen molar-refractivity contribution in [1.29, 1.82) is 0 Å². The summed E-state index contributed by atoms with van der Waals surface area (Å²) in [4.78, 5) is 30.6. The van der Waals surface area contributed by atoms with Gasteiger partial charge in [-0.25, -0.2) is 4.39 Å². The van der Waals surface area contributed by atoms with E-state index in [0.717, 1.165) is 25.9 Å². The summed E-state index contributed by atoms with van der Waals surface area (Å²) in [7, 11) is 0. The predicted octanol–water partition coefficient (Wildman–Crippen LogP) is 1.86. The van der Waals surface area contributed by atoms with Crippen LogP contribution in [0.1, 0.15) is 23.4 Å². The maximum absolute atomic E-state index is 13.4. The largest absolute Gasteiger partial charge is 0.350 e. The predicted molar refractivity (Wildman–Crippen MR) is 100 cm³/mol. The Morgan fingerprint density at radius 1 is 1.00 bits per heavy atom. The molecule has 2 amide bonds. The van der Waals surface area contributed by atoms with Gasteiger partial charge in [-0.15, -0.1) is 0 Å². The van der Waals surface area contributed by atoms with Gasteiger partial charge in [0.2, 0.25) is 11.7 Å². The third kappa shape index (κ3) is 4.06. The molecule has 4 rings (SSSR count). The van der Waals surface area contributed by atoms with Gasteiger partial charge in [-0.2, -0.15) is 0 Å². The maximum atomic E-state index is 13.4. The first-order valence-electron chi connectivity index (χ1n) is 9.62. The number of nitrogens with zero attached hydrogens (tertiary/aromatic N) is 4. The van der Waals surface area contributed by atoms with Gasteiger partial charge in [0.05, 0.1) is 6.54 Å². The third-order valence-electron chi connectivity index (χ3n) is 5.32. The number of amides is 2. The Kier molecular flexibility index (Phi) is 5.38.